The quantitative estimate of drug-likeness (QED) is 0.630. The monoisotopic (exact) mass is 242 g/mol. The lowest BCUT2D eigenvalue weighted by molar-refractivity contribution is 0.189. The first-order chi connectivity index (χ1) is 8.06. The van der Waals surface area contributed by atoms with Crippen molar-refractivity contribution >= 4 is 0 Å². The van der Waals surface area contributed by atoms with Gasteiger partial charge in [0.1, 0.15) is 0 Å². The molecular formula is C15H34N2. The summed E-state index contributed by atoms with van der Waals surface area (Å²) in [5, 5.41) is 3.71. The van der Waals surface area contributed by atoms with Crippen molar-refractivity contribution in [3.05, 3.63) is 0 Å². The molecule has 0 spiro atoms. The summed E-state index contributed by atoms with van der Waals surface area (Å²) in [6, 6.07) is 1.33. The van der Waals surface area contributed by atoms with Gasteiger partial charge in [-0.1, -0.05) is 46.5 Å². The molecule has 0 saturated carbocycles. The van der Waals surface area contributed by atoms with Crippen LogP contribution in [0.4, 0.5) is 0 Å². The second-order valence-electron chi connectivity index (χ2n) is 5.56. The molecule has 0 rings (SSSR count). The molecule has 104 valence electrons. The summed E-state index contributed by atoms with van der Waals surface area (Å²) in [5.74, 6) is 0.816. The molecule has 0 aromatic rings. The SMILES string of the molecule is CCCCC(C)NCC(C(CC)CC)N(C)C. The van der Waals surface area contributed by atoms with E-state index in [9.17, 15) is 0 Å². The van der Waals surface area contributed by atoms with E-state index in [0.717, 1.165) is 12.5 Å². The molecule has 0 aromatic carbocycles. The van der Waals surface area contributed by atoms with E-state index in [0.29, 0.717) is 12.1 Å². The number of hydrogen-bond donors (Lipinski definition) is 1. The number of nitrogens with one attached hydrogen (secondary N) is 1. The molecule has 0 saturated heterocycles. The predicted octanol–water partition coefficient (Wildman–Crippen LogP) is 3.52. The molecular weight excluding hydrogens is 208 g/mol. The van der Waals surface area contributed by atoms with Gasteiger partial charge in [0.25, 0.3) is 0 Å². The maximum Gasteiger partial charge on any atom is 0.0242 e. The Morgan fingerprint density at radius 2 is 1.65 bits per heavy atom. The van der Waals surface area contributed by atoms with Crippen LogP contribution in [0.15, 0.2) is 0 Å². The number of hydrogen-bond acceptors (Lipinski definition) is 2. The van der Waals surface area contributed by atoms with Crippen molar-refractivity contribution in [1.29, 1.82) is 0 Å². The fraction of sp³-hybridized carbons (Fsp3) is 1.00. The molecule has 2 atom stereocenters. The Kier molecular flexibility index (Phi) is 9.85. The molecule has 0 aliphatic rings. The van der Waals surface area contributed by atoms with Gasteiger partial charge in [-0.2, -0.15) is 0 Å². The average Bonchev–Trinajstić information content (AvgIpc) is 2.31. The minimum atomic E-state index is 0.659. The summed E-state index contributed by atoms with van der Waals surface area (Å²) in [4.78, 5) is 2.39. The Hall–Kier alpha value is -0.0800. The van der Waals surface area contributed by atoms with E-state index in [4.69, 9.17) is 0 Å². The van der Waals surface area contributed by atoms with E-state index in [1.807, 2.05) is 0 Å². The van der Waals surface area contributed by atoms with E-state index in [-0.39, 0.29) is 0 Å². The Labute approximate surface area is 109 Å². The summed E-state index contributed by atoms with van der Waals surface area (Å²) in [7, 11) is 4.42. The largest absolute Gasteiger partial charge is 0.313 e. The molecule has 0 fully saturated rings. The second-order valence-corrected chi connectivity index (χ2v) is 5.56. The highest BCUT2D eigenvalue weighted by molar-refractivity contribution is 4.78. The predicted molar refractivity (Wildman–Crippen MR) is 78.5 cm³/mol. The zero-order chi connectivity index (χ0) is 13.3. The third-order valence-electron chi connectivity index (χ3n) is 3.92. The van der Waals surface area contributed by atoms with E-state index in [2.05, 4.69) is 52.0 Å². The van der Waals surface area contributed by atoms with E-state index in [1.165, 1.54) is 32.1 Å². The van der Waals surface area contributed by atoms with Gasteiger partial charge in [0.15, 0.2) is 0 Å². The minimum Gasteiger partial charge on any atom is -0.313 e. The van der Waals surface area contributed by atoms with Crippen molar-refractivity contribution in [3.63, 3.8) is 0 Å². The Bertz CT molecular complexity index is 164. The smallest absolute Gasteiger partial charge is 0.0242 e. The second kappa shape index (κ2) is 9.90. The molecule has 2 nitrogen and oxygen atoms in total. The van der Waals surface area contributed by atoms with Crippen LogP contribution in [-0.2, 0) is 0 Å². The van der Waals surface area contributed by atoms with Crippen LogP contribution in [0, 0.1) is 5.92 Å². The Balaban J connectivity index is 4.08. The molecule has 2 unspecified atom stereocenters. The van der Waals surface area contributed by atoms with Crippen molar-refractivity contribution < 1.29 is 0 Å². The summed E-state index contributed by atoms with van der Waals surface area (Å²) in [5.41, 5.74) is 0. The van der Waals surface area contributed by atoms with E-state index < -0.39 is 0 Å². The number of likely N-dealkylation sites (N-methyl/N-ethyl adjacent to an activating group) is 1. The van der Waals surface area contributed by atoms with Crippen LogP contribution in [0.1, 0.15) is 59.8 Å². The highest BCUT2D eigenvalue weighted by Crippen LogP contribution is 2.16. The highest BCUT2D eigenvalue weighted by atomic mass is 15.1. The van der Waals surface area contributed by atoms with Gasteiger partial charge in [0.2, 0.25) is 0 Å². The molecule has 1 N–H and O–H groups in total. The van der Waals surface area contributed by atoms with Gasteiger partial charge < -0.3 is 10.2 Å². The van der Waals surface area contributed by atoms with Crippen molar-refractivity contribution in [2.75, 3.05) is 20.6 Å². The third kappa shape index (κ3) is 7.05. The van der Waals surface area contributed by atoms with Crippen LogP contribution >= 0.6 is 0 Å². The maximum atomic E-state index is 3.71. The van der Waals surface area contributed by atoms with Crippen LogP contribution in [0.25, 0.3) is 0 Å². The van der Waals surface area contributed by atoms with Crippen LogP contribution in [0.3, 0.4) is 0 Å². The minimum absolute atomic E-state index is 0.659. The molecule has 0 aliphatic carbocycles. The first-order valence-electron chi connectivity index (χ1n) is 7.46. The van der Waals surface area contributed by atoms with Gasteiger partial charge in [-0.15, -0.1) is 0 Å². The van der Waals surface area contributed by atoms with Gasteiger partial charge in [-0.25, -0.2) is 0 Å². The third-order valence-corrected chi connectivity index (χ3v) is 3.92. The fourth-order valence-corrected chi connectivity index (χ4v) is 2.54. The first-order valence-corrected chi connectivity index (χ1v) is 7.46. The van der Waals surface area contributed by atoms with E-state index >= 15 is 0 Å². The van der Waals surface area contributed by atoms with Crippen molar-refractivity contribution in [1.82, 2.24) is 10.2 Å². The molecule has 2 heteroatoms. The molecule has 0 aliphatic heterocycles. The van der Waals surface area contributed by atoms with Crippen molar-refractivity contribution in [3.8, 4) is 0 Å². The molecule has 0 heterocycles. The summed E-state index contributed by atoms with van der Waals surface area (Å²) in [6.45, 7) is 10.3. The lowest BCUT2D eigenvalue weighted by atomic mass is 9.93. The number of nitrogens with zero attached hydrogens (tertiary/aromatic N) is 1. The molecule has 0 aromatic heterocycles. The summed E-state index contributed by atoms with van der Waals surface area (Å²) < 4.78 is 0. The lowest BCUT2D eigenvalue weighted by Crippen LogP contribution is -2.45. The van der Waals surface area contributed by atoms with Gasteiger partial charge in [0, 0.05) is 18.6 Å². The van der Waals surface area contributed by atoms with Gasteiger partial charge in [0.05, 0.1) is 0 Å². The van der Waals surface area contributed by atoms with Gasteiger partial charge in [-0.3, -0.25) is 0 Å². The lowest BCUT2D eigenvalue weighted by Gasteiger charge is -2.32. The average molecular weight is 242 g/mol. The first kappa shape index (κ1) is 16.9. The van der Waals surface area contributed by atoms with Gasteiger partial charge >= 0.3 is 0 Å². The van der Waals surface area contributed by atoms with Crippen molar-refractivity contribution in [2.45, 2.75) is 71.9 Å². The Morgan fingerprint density at radius 3 is 2.06 bits per heavy atom. The van der Waals surface area contributed by atoms with E-state index in [1.54, 1.807) is 0 Å². The Morgan fingerprint density at radius 1 is 1.06 bits per heavy atom. The number of rotatable bonds is 10. The van der Waals surface area contributed by atoms with Crippen LogP contribution in [-0.4, -0.2) is 37.6 Å². The van der Waals surface area contributed by atoms with Crippen LogP contribution in [0.5, 0.6) is 0 Å². The topological polar surface area (TPSA) is 15.3 Å². The maximum absolute atomic E-state index is 3.71. The highest BCUT2D eigenvalue weighted by Gasteiger charge is 2.20. The van der Waals surface area contributed by atoms with Crippen LogP contribution in [0.2, 0.25) is 0 Å². The fourth-order valence-electron chi connectivity index (χ4n) is 2.54. The zero-order valence-electron chi connectivity index (χ0n) is 12.9. The molecule has 0 radical (unpaired) electrons. The number of unbranched alkanes of at least 4 members (excludes halogenated alkanes) is 1. The van der Waals surface area contributed by atoms with Gasteiger partial charge in [-0.05, 0) is 33.4 Å². The molecule has 0 bridgehead atoms. The zero-order valence-corrected chi connectivity index (χ0v) is 12.9. The summed E-state index contributed by atoms with van der Waals surface area (Å²) in [6.07, 6.45) is 6.51. The molecule has 17 heavy (non-hydrogen) atoms. The van der Waals surface area contributed by atoms with Crippen molar-refractivity contribution in [2.24, 2.45) is 5.92 Å². The van der Waals surface area contributed by atoms with Crippen LogP contribution < -0.4 is 5.32 Å². The standard InChI is InChI=1S/C15H34N2/c1-7-10-11-13(4)16-12-15(17(5)6)14(8-2)9-3/h13-16H,7-12H2,1-6H3. The normalized spacial score (nSPS) is 15.5. The molecule has 0 amide bonds. The summed E-state index contributed by atoms with van der Waals surface area (Å²) >= 11 is 0.